The Hall–Kier alpha value is -3.00. The first-order chi connectivity index (χ1) is 14.1. The van der Waals surface area contributed by atoms with Crippen molar-refractivity contribution in [3.05, 3.63) is 71.4 Å². The van der Waals surface area contributed by atoms with Gasteiger partial charge in [-0.05, 0) is 23.8 Å². The summed E-state index contributed by atoms with van der Waals surface area (Å²) in [4.78, 5) is 33.2. The summed E-state index contributed by atoms with van der Waals surface area (Å²) in [5, 5.41) is 4.04. The van der Waals surface area contributed by atoms with E-state index < -0.39 is 0 Å². The number of hydrazine groups is 1. The van der Waals surface area contributed by atoms with Crippen LogP contribution in [-0.4, -0.2) is 35.5 Å². The van der Waals surface area contributed by atoms with Crippen LogP contribution in [0.5, 0.6) is 0 Å². The minimum Gasteiger partial charge on any atom is -0.276 e. The molecule has 0 bridgehead atoms. The highest BCUT2D eigenvalue weighted by Crippen LogP contribution is 2.19. The molecule has 0 radical (unpaired) electrons. The molecule has 2 aromatic carbocycles. The zero-order chi connectivity index (χ0) is 20.6. The van der Waals surface area contributed by atoms with E-state index in [1.165, 1.54) is 11.9 Å². The predicted octanol–water partition coefficient (Wildman–Crippen LogP) is 3.34. The van der Waals surface area contributed by atoms with Crippen molar-refractivity contribution < 1.29 is 14.4 Å². The minimum atomic E-state index is -0.175. The van der Waals surface area contributed by atoms with Gasteiger partial charge in [0.05, 0.1) is 30.6 Å². The maximum absolute atomic E-state index is 11.9. The van der Waals surface area contributed by atoms with Crippen molar-refractivity contribution in [1.82, 2.24) is 15.4 Å². The van der Waals surface area contributed by atoms with Gasteiger partial charge >= 0.3 is 0 Å². The molecule has 1 N–H and O–H groups in total. The molecule has 3 aromatic rings. The van der Waals surface area contributed by atoms with Gasteiger partial charge in [0.2, 0.25) is 12.3 Å². The number of nitrogens with one attached hydrogen (secondary N) is 1. The highest BCUT2D eigenvalue weighted by Gasteiger charge is 2.12. The van der Waals surface area contributed by atoms with E-state index in [1.54, 1.807) is 12.3 Å². The van der Waals surface area contributed by atoms with E-state index in [9.17, 15) is 9.59 Å². The van der Waals surface area contributed by atoms with Crippen LogP contribution < -0.4 is 10.5 Å². The van der Waals surface area contributed by atoms with Crippen molar-refractivity contribution in [2.75, 3.05) is 18.2 Å². The number of halogens is 1. The number of hydrogen-bond donors (Lipinski definition) is 1. The molecule has 0 aliphatic rings. The number of para-hydroxylation sites is 1. The Bertz CT molecular complexity index is 998. The number of nitrogens with zero attached hydrogens (tertiary/aromatic N) is 3. The summed E-state index contributed by atoms with van der Waals surface area (Å²) >= 11 is 6.14. The van der Waals surface area contributed by atoms with Crippen LogP contribution in [0, 0.1) is 0 Å². The van der Waals surface area contributed by atoms with E-state index in [-0.39, 0.29) is 19.1 Å². The van der Waals surface area contributed by atoms with E-state index in [0.29, 0.717) is 23.7 Å². The number of aromatic nitrogens is 1. The Morgan fingerprint density at radius 3 is 2.72 bits per heavy atom. The molecule has 0 aliphatic carbocycles. The number of benzene rings is 2. The third-order valence-electron chi connectivity index (χ3n) is 4.27. The minimum absolute atomic E-state index is 0.112. The lowest BCUT2D eigenvalue weighted by Crippen LogP contribution is -2.44. The molecule has 0 spiro atoms. The van der Waals surface area contributed by atoms with Crippen molar-refractivity contribution in [1.29, 1.82) is 0 Å². The third-order valence-corrected chi connectivity index (χ3v) is 4.64. The monoisotopic (exact) mass is 412 g/mol. The Kier molecular flexibility index (Phi) is 7.13. The molecule has 1 heterocycles. The summed E-state index contributed by atoms with van der Waals surface area (Å²) in [7, 11) is 0. The summed E-state index contributed by atoms with van der Waals surface area (Å²) in [6.07, 6.45) is 2.14. The second-order valence-corrected chi connectivity index (χ2v) is 6.65. The number of fused-ring (bicyclic) bond motifs is 1. The number of hydroxylamine groups is 1. The smallest absolute Gasteiger partial charge is 0.238 e. The topological polar surface area (TPSA) is 74.8 Å². The van der Waals surface area contributed by atoms with Crippen LogP contribution in [0.1, 0.15) is 12.5 Å². The van der Waals surface area contributed by atoms with Crippen LogP contribution in [0.25, 0.3) is 10.9 Å². The maximum Gasteiger partial charge on any atom is 0.238 e. The molecular weight excluding hydrogens is 392 g/mol. The Morgan fingerprint density at radius 2 is 1.97 bits per heavy atom. The van der Waals surface area contributed by atoms with E-state index >= 15 is 0 Å². The lowest BCUT2D eigenvalue weighted by Gasteiger charge is -2.24. The van der Waals surface area contributed by atoms with Crippen LogP contribution in [0.4, 0.5) is 5.69 Å². The SMILES string of the molecule is CC(=O)N(CCON(C=O)c1cnc2ccccc2c1)NCc1ccccc1Cl. The highest BCUT2D eigenvalue weighted by molar-refractivity contribution is 6.31. The van der Waals surface area contributed by atoms with Gasteiger partial charge in [0, 0.05) is 23.9 Å². The lowest BCUT2D eigenvalue weighted by molar-refractivity contribution is -0.133. The quantitative estimate of drug-likeness (QED) is 0.431. The highest BCUT2D eigenvalue weighted by atomic mass is 35.5. The summed E-state index contributed by atoms with van der Waals surface area (Å²) in [6.45, 7) is 2.20. The Morgan fingerprint density at radius 1 is 1.21 bits per heavy atom. The summed E-state index contributed by atoms with van der Waals surface area (Å²) in [6, 6.07) is 16.8. The van der Waals surface area contributed by atoms with Gasteiger partial charge in [-0.15, -0.1) is 0 Å². The van der Waals surface area contributed by atoms with Gasteiger partial charge < -0.3 is 0 Å². The number of pyridine rings is 1. The van der Waals surface area contributed by atoms with Gasteiger partial charge in [-0.3, -0.25) is 24.4 Å². The van der Waals surface area contributed by atoms with Crippen molar-refractivity contribution >= 4 is 40.5 Å². The van der Waals surface area contributed by atoms with E-state index in [0.717, 1.165) is 21.5 Å². The first kappa shape index (κ1) is 20.7. The molecule has 29 heavy (non-hydrogen) atoms. The molecule has 150 valence electrons. The second kappa shape index (κ2) is 9.97. The van der Waals surface area contributed by atoms with Gasteiger partial charge in [0.15, 0.2) is 0 Å². The van der Waals surface area contributed by atoms with Gasteiger partial charge in [-0.1, -0.05) is 48.0 Å². The fraction of sp³-hybridized carbons (Fsp3) is 0.190. The fourth-order valence-corrected chi connectivity index (χ4v) is 2.95. The van der Waals surface area contributed by atoms with Gasteiger partial charge in [0.25, 0.3) is 0 Å². The molecule has 0 saturated heterocycles. The molecule has 2 amide bonds. The van der Waals surface area contributed by atoms with Crippen LogP contribution >= 0.6 is 11.6 Å². The lowest BCUT2D eigenvalue weighted by atomic mass is 10.2. The average molecular weight is 413 g/mol. The van der Waals surface area contributed by atoms with Crippen molar-refractivity contribution in [2.45, 2.75) is 13.5 Å². The third kappa shape index (κ3) is 5.51. The number of rotatable bonds is 9. The summed E-state index contributed by atoms with van der Waals surface area (Å²) in [5.41, 5.74) is 5.24. The van der Waals surface area contributed by atoms with Crippen LogP contribution in [0.15, 0.2) is 60.8 Å². The van der Waals surface area contributed by atoms with Crippen LogP contribution in [0.3, 0.4) is 0 Å². The number of carbonyl (C=O) groups excluding carboxylic acids is 2. The number of carbonyl (C=O) groups is 2. The van der Waals surface area contributed by atoms with Crippen LogP contribution in [0.2, 0.25) is 5.02 Å². The second-order valence-electron chi connectivity index (χ2n) is 6.25. The molecule has 0 saturated carbocycles. The van der Waals surface area contributed by atoms with Gasteiger partial charge in [-0.25, -0.2) is 5.43 Å². The first-order valence-corrected chi connectivity index (χ1v) is 9.43. The molecule has 0 fully saturated rings. The molecule has 0 aliphatic heterocycles. The zero-order valence-electron chi connectivity index (χ0n) is 15.9. The fourth-order valence-electron chi connectivity index (χ4n) is 2.75. The van der Waals surface area contributed by atoms with E-state index in [1.807, 2.05) is 48.5 Å². The Balaban J connectivity index is 1.58. The van der Waals surface area contributed by atoms with Gasteiger partial charge in [0.1, 0.15) is 0 Å². The predicted molar refractivity (Wildman–Crippen MR) is 112 cm³/mol. The maximum atomic E-state index is 11.9. The molecule has 0 unspecified atom stereocenters. The normalized spacial score (nSPS) is 10.7. The summed E-state index contributed by atoms with van der Waals surface area (Å²) < 4.78 is 0. The van der Waals surface area contributed by atoms with E-state index in [4.69, 9.17) is 16.4 Å². The number of anilines is 1. The molecule has 7 nitrogen and oxygen atoms in total. The van der Waals surface area contributed by atoms with Crippen LogP contribution in [-0.2, 0) is 21.0 Å². The van der Waals surface area contributed by atoms with Crippen molar-refractivity contribution in [3.63, 3.8) is 0 Å². The standard InChI is InChI=1S/C21H21ClN4O3/c1-16(28)25(24-13-18-7-2-4-8-20(18)22)10-11-29-26(15-27)19-12-17-6-3-5-9-21(17)23-14-19/h2-9,12,14-15,24H,10-11,13H2,1H3. The van der Waals surface area contributed by atoms with Crippen molar-refractivity contribution in [2.24, 2.45) is 0 Å². The molecule has 0 atom stereocenters. The van der Waals surface area contributed by atoms with Gasteiger partial charge in [-0.2, -0.15) is 5.06 Å². The molecular formula is C21H21ClN4O3. The number of amides is 2. The average Bonchev–Trinajstić information content (AvgIpc) is 2.74. The van der Waals surface area contributed by atoms with E-state index in [2.05, 4.69) is 10.4 Å². The largest absolute Gasteiger partial charge is 0.276 e. The zero-order valence-corrected chi connectivity index (χ0v) is 16.7. The van der Waals surface area contributed by atoms with Crippen molar-refractivity contribution in [3.8, 4) is 0 Å². The molecule has 8 heteroatoms. The molecule has 3 rings (SSSR count). The Labute approximate surface area is 173 Å². The molecule has 1 aromatic heterocycles. The first-order valence-electron chi connectivity index (χ1n) is 9.05. The summed E-state index contributed by atoms with van der Waals surface area (Å²) in [5.74, 6) is -0.175. The number of hydrogen-bond acceptors (Lipinski definition) is 5.